The number of fused-ring (bicyclic) bond motifs is 15. The van der Waals surface area contributed by atoms with E-state index in [-0.39, 0.29) is 23.0 Å². The normalized spacial score (nSPS) is 55.7. The second-order valence-corrected chi connectivity index (χ2v) is 30.1. The molecular weight excluding hydrogens is 849 g/mol. The summed E-state index contributed by atoms with van der Waals surface area (Å²) < 4.78 is 0. The van der Waals surface area contributed by atoms with Gasteiger partial charge in [0.15, 0.2) is 0 Å². The van der Waals surface area contributed by atoms with Crippen LogP contribution in [0.1, 0.15) is 243 Å². The fourth-order valence-corrected chi connectivity index (χ4v) is 23.9. The van der Waals surface area contributed by atoms with E-state index in [0.29, 0.717) is 56.8 Å². The van der Waals surface area contributed by atoms with E-state index in [2.05, 4.69) is 48.5 Å². The van der Waals surface area contributed by atoms with Gasteiger partial charge in [0.25, 0.3) is 0 Å². The molecule has 24 atom stereocenters. The van der Waals surface area contributed by atoms with Gasteiger partial charge in [-0.25, -0.2) is 0 Å². The Balaban J connectivity index is 0.000000120. The van der Waals surface area contributed by atoms with Gasteiger partial charge in [-0.15, -0.1) is 0 Å². The van der Waals surface area contributed by atoms with Crippen molar-refractivity contribution in [3.63, 3.8) is 0 Å². The number of rotatable bonds is 3. The lowest BCUT2D eigenvalue weighted by molar-refractivity contribution is -0.138. The standard InChI is InChI=1S/C22H36O.2C21H34O2/c1-14-9-11-21(3)16(13-14)5-6-17-19-8-7-18(15(2)23)22(19,4)12-10-20(17)21;2*1-13(22)17-6-7-18-16-5-4-14-12-15(23)8-10-20(14,2)19(16)9-11-21(17,18)3/h14,16-20H,5-13H2,1-4H3;2*14-19,23H,4-12H2,1-3H3/t14-,16+,17?,18-,19?,20?,21+,22-;14-,15+,16?,17+,18?,19?,20-,21+;14-,15-,16?,17+,18?,19?,20-,21+/m100/s1. The minimum Gasteiger partial charge on any atom is -0.393 e. The molecular formula is C64H104O5. The Morgan fingerprint density at radius 2 is 0.609 bits per heavy atom. The highest BCUT2D eigenvalue weighted by molar-refractivity contribution is 5.80. The molecule has 390 valence electrons. The minimum atomic E-state index is -0.0490. The van der Waals surface area contributed by atoms with Crippen LogP contribution in [0.3, 0.4) is 0 Å². The zero-order chi connectivity index (χ0) is 49.2. The second-order valence-electron chi connectivity index (χ2n) is 30.1. The molecule has 0 aromatic rings. The highest BCUT2D eigenvalue weighted by atomic mass is 16.3. The van der Waals surface area contributed by atoms with Crippen LogP contribution in [-0.4, -0.2) is 39.8 Å². The van der Waals surface area contributed by atoms with Gasteiger partial charge in [0.2, 0.25) is 0 Å². The van der Waals surface area contributed by atoms with E-state index >= 15 is 0 Å². The molecule has 0 saturated heterocycles. The summed E-state index contributed by atoms with van der Waals surface area (Å²) in [5.41, 5.74) is 2.42. The molecule has 0 aromatic heterocycles. The molecule has 12 aliphatic carbocycles. The first-order valence-electron chi connectivity index (χ1n) is 30.5. The van der Waals surface area contributed by atoms with Crippen LogP contribution in [0.4, 0.5) is 0 Å². The van der Waals surface area contributed by atoms with Gasteiger partial charge in [0.1, 0.15) is 17.3 Å². The first-order chi connectivity index (χ1) is 32.6. The van der Waals surface area contributed by atoms with E-state index in [4.69, 9.17) is 0 Å². The Bertz CT molecular complexity index is 1710. The molecule has 69 heavy (non-hydrogen) atoms. The number of Topliss-reactive ketones (excluding diaryl/α,β-unsaturated/α-hetero) is 3. The number of carbonyl (C=O) groups is 3. The molecule has 0 heterocycles. The Morgan fingerprint density at radius 1 is 0.333 bits per heavy atom. The SMILES string of the molecule is CC(=O)[C@H]1CCC2C3CC[C@H]4C[C@@H](O)CC[C@]4(C)C3CC[C@@]21C.CC(=O)[C@H]1CCC2C3CC[C@H]4C[C@H](C)CC[C@]4(C)C3CC[C@@]21C.CC(=O)[C@H]1CCC2C3CC[C@H]4C[C@H](O)CC[C@]4(C)C3CC[C@@]21C. The van der Waals surface area contributed by atoms with Crippen molar-refractivity contribution in [1.82, 2.24) is 0 Å². The smallest absolute Gasteiger partial charge is 0.133 e. The molecule has 0 aliphatic heterocycles. The zero-order valence-electron chi connectivity index (χ0n) is 46.1. The van der Waals surface area contributed by atoms with Crippen LogP contribution in [-0.2, 0) is 14.4 Å². The van der Waals surface area contributed by atoms with Gasteiger partial charge >= 0.3 is 0 Å². The van der Waals surface area contributed by atoms with Crippen molar-refractivity contribution >= 4 is 17.3 Å². The first kappa shape index (κ1) is 51.4. The van der Waals surface area contributed by atoms with Crippen LogP contribution in [0.2, 0.25) is 0 Å². The van der Waals surface area contributed by atoms with E-state index in [1.807, 2.05) is 20.8 Å². The Hall–Kier alpha value is -1.07. The summed E-state index contributed by atoms with van der Waals surface area (Å²) in [5, 5.41) is 20.2. The lowest BCUT2D eigenvalue weighted by Crippen LogP contribution is -2.54. The summed E-state index contributed by atoms with van der Waals surface area (Å²) in [6, 6.07) is 0. The lowest BCUT2D eigenvalue weighted by atomic mass is 9.44. The maximum absolute atomic E-state index is 12.2. The van der Waals surface area contributed by atoms with Crippen LogP contribution in [0.15, 0.2) is 0 Å². The molecule has 12 aliphatic rings. The minimum absolute atomic E-state index is 0.0490. The first-order valence-corrected chi connectivity index (χ1v) is 30.5. The van der Waals surface area contributed by atoms with E-state index in [9.17, 15) is 24.6 Å². The van der Waals surface area contributed by atoms with Gasteiger partial charge in [-0.2, -0.15) is 0 Å². The molecule has 12 saturated carbocycles. The number of carbonyl (C=O) groups excluding carboxylic acids is 3. The van der Waals surface area contributed by atoms with Gasteiger partial charge < -0.3 is 10.2 Å². The van der Waals surface area contributed by atoms with E-state index < -0.39 is 0 Å². The van der Waals surface area contributed by atoms with Crippen molar-refractivity contribution in [3.05, 3.63) is 0 Å². The average Bonchev–Trinajstić information content (AvgIpc) is 3.98. The predicted molar refractivity (Wildman–Crippen MR) is 279 cm³/mol. The summed E-state index contributed by atoms with van der Waals surface area (Å²) >= 11 is 0. The Morgan fingerprint density at radius 3 is 0.928 bits per heavy atom. The van der Waals surface area contributed by atoms with Crippen LogP contribution >= 0.6 is 0 Å². The van der Waals surface area contributed by atoms with Gasteiger partial charge in [-0.05, 0) is 297 Å². The molecule has 9 unspecified atom stereocenters. The molecule has 2 N–H and O–H groups in total. The van der Waals surface area contributed by atoms with Crippen molar-refractivity contribution in [2.45, 2.75) is 255 Å². The molecule has 0 bridgehead atoms. The average molecular weight is 954 g/mol. The number of hydrogen-bond acceptors (Lipinski definition) is 5. The van der Waals surface area contributed by atoms with Crippen LogP contribution in [0.5, 0.6) is 0 Å². The quantitative estimate of drug-likeness (QED) is 0.294. The van der Waals surface area contributed by atoms with E-state index in [1.165, 1.54) is 135 Å². The molecule has 0 aromatic carbocycles. The van der Waals surface area contributed by atoms with E-state index in [0.717, 1.165) is 115 Å². The summed E-state index contributed by atoms with van der Waals surface area (Å²) in [6.45, 7) is 23.1. The lowest BCUT2D eigenvalue weighted by Gasteiger charge is -2.61. The molecule has 0 spiro atoms. The topological polar surface area (TPSA) is 91.7 Å². The third-order valence-corrected chi connectivity index (χ3v) is 27.7. The van der Waals surface area contributed by atoms with Gasteiger partial charge in [0.05, 0.1) is 12.2 Å². The molecule has 5 nitrogen and oxygen atoms in total. The number of ketones is 3. The summed E-state index contributed by atoms with van der Waals surface area (Å²) in [6.07, 6.45) is 34.3. The van der Waals surface area contributed by atoms with Crippen LogP contribution in [0.25, 0.3) is 0 Å². The second kappa shape index (κ2) is 18.6. The highest BCUT2D eigenvalue weighted by Crippen LogP contribution is 2.71. The molecule has 5 heteroatoms. The molecule has 12 rings (SSSR count). The fraction of sp³-hybridized carbons (Fsp3) is 0.953. The van der Waals surface area contributed by atoms with Crippen molar-refractivity contribution < 1.29 is 24.6 Å². The highest BCUT2D eigenvalue weighted by Gasteiger charge is 2.64. The van der Waals surface area contributed by atoms with Crippen molar-refractivity contribution in [2.75, 3.05) is 0 Å². The summed E-state index contributed by atoms with van der Waals surface area (Å²) in [5.74, 6) is 13.4. The molecule has 12 fully saturated rings. The van der Waals surface area contributed by atoms with Crippen molar-refractivity contribution in [2.24, 2.45) is 127 Å². The third kappa shape index (κ3) is 8.25. The van der Waals surface area contributed by atoms with Gasteiger partial charge in [0, 0.05) is 17.8 Å². The van der Waals surface area contributed by atoms with E-state index in [1.54, 1.807) is 0 Å². The third-order valence-electron chi connectivity index (χ3n) is 27.7. The van der Waals surface area contributed by atoms with Crippen LogP contribution < -0.4 is 0 Å². The number of hydrogen-bond donors (Lipinski definition) is 2. The van der Waals surface area contributed by atoms with Gasteiger partial charge in [-0.3, -0.25) is 14.4 Å². The van der Waals surface area contributed by atoms with Gasteiger partial charge in [-0.1, -0.05) is 54.9 Å². The Kier molecular flexibility index (Phi) is 13.9. The fourth-order valence-electron chi connectivity index (χ4n) is 23.9. The number of aliphatic hydroxyl groups is 2. The number of aliphatic hydroxyl groups excluding tert-OH is 2. The van der Waals surface area contributed by atoms with Crippen LogP contribution in [0, 0.1) is 127 Å². The zero-order valence-corrected chi connectivity index (χ0v) is 46.1. The predicted octanol–water partition coefficient (Wildman–Crippen LogP) is 15.1. The molecule has 0 radical (unpaired) electrons. The maximum atomic E-state index is 12.2. The summed E-state index contributed by atoms with van der Waals surface area (Å²) in [7, 11) is 0. The Labute approximate surface area is 422 Å². The molecule has 0 amide bonds. The largest absolute Gasteiger partial charge is 0.393 e. The maximum Gasteiger partial charge on any atom is 0.133 e. The summed E-state index contributed by atoms with van der Waals surface area (Å²) in [4.78, 5) is 36.5. The monoisotopic (exact) mass is 953 g/mol. The van der Waals surface area contributed by atoms with Crippen molar-refractivity contribution in [1.29, 1.82) is 0 Å². The van der Waals surface area contributed by atoms with Crippen molar-refractivity contribution in [3.8, 4) is 0 Å².